The molecule has 0 aliphatic heterocycles. The highest BCUT2D eigenvalue weighted by molar-refractivity contribution is 14.1. The van der Waals surface area contributed by atoms with Crippen molar-refractivity contribution in [3.63, 3.8) is 0 Å². The fourth-order valence-electron chi connectivity index (χ4n) is 1.03. The molecular weight excluding hydrogens is 291 g/mol. The number of halogens is 1. The standard InChI is InChI=1S/C10H13IN2O/c1-8-4-2-5-9(13-8)10(14)12-7-3-6-11/h2,4-5H,3,6-7H2,1H3,(H,12,14). The van der Waals surface area contributed by atoms with E-state index in [4.69, 9.17) is 0 Å². The van der Waals surface area contributed by atoms with Crippen LogP contribution in [0.5, 0.6) is 0 Å². The van der Waals surface area contributed by atoms with Gasteiger partial charge in [-0.25, -0.2) is 4.98 Å². The van der Waals surface area contributed by atoms with Gasteiger partial charge in [-0.15, -0.1) is 0 Å². The van der Waals surface area contributed by atoms with E-state index in [9.17, 15) is 4.79 Å². The van der Waals surface area contributed by atoms with E-state index in [1.54, 1.807) is 6.07 Å². The number of amides is 1. The molecule has 1 aromatic rings. The van der Waals surface area contributed by atoms with Gasteiger partial charge in [0.1, 0.15) is 5.69 Å². The van der Waals surface area contributed by atoms with E-state index in [2.05, 4.69) is 32.9 Å². The predicted molar refractivity (Wildman–Crippen MR) is 64.8 cm³/mol. The molecule has 0 unspecified atom stereocenters. The molecule has 0 radical (unpaired) electrons. The Kier molecular flexibility index (Phi) is 4.86. The summed E-state index contributed by atoms with van der Waals surface area (Å²) in [6, 6.07) is 5.45. The zero-order valence-corrected chi connectivity index (χ0v) is 10.2. The summed E-state index contributed by atoms with van der Waals surface area (Å²) in [7, 11) is 0. The number of hydrogen-bond acceptors (Lipinski definition) is 2. The first-order chi connectivity index (χ1) is 6.74. The first-order valence-electron chi connectivity index (χ1n) is 4.52. The SMILES string of the molecule is Cc1cccc(C(=O)NCCCI)n1. The summed E-state index contributed by atoms with van der Waals surface area (Å²) >= 11 is 2.29. The van der Waals surface area contributed by atoms with E-state index in [0.29, 0.717) is 5.69 Å². The number of aromatic nitrogens is 1. The third-order valence-electron chi connectivity index (χ3n) is 1.72. The van der Waals surface area contributed by atoms with Crippen LogP contribution in [0.2, 0.25) is 0 Å². The highest BCUT2D eigenvalue weighted by Gasteiger charge is 2.05. The van der Waals surface area contributed by atoms with Crippen molar-refractivity contribution in [2.75, 3.05) is 11.0 Å². The first kappa shape index (κ1) is 11.4. The normalized spacial score (nSPS) is 9.86. The molecule has 1 aromatic heterocycles. The smallest absolute Gasteiger partial charge is 0.269 e. The third-order valence-corrected chi connectivity index (χ3v) is 2.48. The molecule has 3 nitrogen and oxygen atoms in total. The summed E-state index contributed by atoms with van der Waals surface area (Å²) < 4.78 is 1.05. The zero-order chi connectivity index (χ0) is 10.4. The Morgan fingerprint density at radius 1 is 1.57 bits per heavy atom. The Bertz CT molecular complexity index is 315. The molecule has 0 saturated heterocycles. The van der Waals surface area contributed by atoms with Crippen LogP contribution in [0.3, 0.4) is 0 Å². The Labute approximate surface area is 97.4 Å². The lowest BCUT2D eigenvalue weighted by Gasteiger charge is -2.03. The molecule has 0 atom stereocenters. The molecule has 1 N–H and O–H groups in total. The average Bonchev–Trinajstić information content (AvgIpc) is 2.18. The van der Waals surface area contributed by atoms with E-state index in [-0.39, 0.29) is 5.91 Å². The van der Waals surface area contributed by atoms with Crippen LogP contribution in [0.4, 0.5) is 0 Å². The minimum atomic E-state index is -0.0847. The van der Waals surface area contributed by atoms with Gasteiger partial charge in [-0.3, -0.25) is 4.79 Å². The molecule has 1 heterocycles. The van der Waals surface area contributed by atoms with Gasteiger partial charge in [0, 0.05) is 16.7 Å². The lowest BCUT2D eigenvalue weighted by Crippen LogP contribution is -2.25. The van der Waals surface area contributed by atoms with Gasteiger partial charge in [-0.05, 0) is 25.5 Å². The molecule has 14 heavy (non-hydrogen) atoms. The molecular formula is C10H13IN2O. The van der Waals surface area contributed by atoms with Crippen molar-refractivity contribution < 1.29 is 4.79 Å². The minimum Gasteiger partial charge on any atom is -0.351 e. The molecule has 76 valence electrons. The van der Waals surface area contributed by atoms with Gasteiger partial charge in [0.2, 0.25) is 0 Å². The van der Waals surface area contributed by atoms with Crippen LogP contribution in [0.1, 0.15) is 22.6 Å². The van der Waals surface area contributed by atoms with Crippen molar-refractivity contribution in [1.29, 1.82) is 0 Å². The number of nitrogens with zero attached hydrogens (tertiary/aromatic N) is 1. The number of carbonyl (C=O) groups excluding carboxylic acids is 1. The lowest BCUT2D eigenvalue weighted by atomic mass is 10.3. The average molecular weight is 304 g/mol. The van der Waals surface area contributed by atoms with Gasteiger partial charge >= 0.3 is 0 Å². The summed E-state index contributed by atoms with van der Waals surface area (Å²) in [6.45, 7) is 2.60. The van der Waals surface area contributed by atoms with Crippen LogP contribution in [-0.4, -0.2) is 21.9 Å². The topological polar surface area (TPSA) is 42.0 Å². The second kappa shape index (κ2) is 5.95. The molecule has 0 saturated carbocycles. The van der Waals surface area contributed by atoms with Crippen LogP contribution in [0.15, 0.2) is 18.2 Å². The van der Waals surface area contributed by atoms with Crippen LogP contribution < -0.4 is 5.32 Å². The number of pyridine rings is 1. The quantitative estimate of drug-likeness (QED) is 0.525. The van der Waals surface area contributed by atoms with Gasteiger partial charge in [0.25, 0.3) is 5.91 Å². The van der Waals surface area contributed by atoms with Crippen LogP contribution in [-0.2, 0) is 0 Å². The van der Waals surface area contributed by atoms with E-state index < -0.39 is 0 Å². The summed E-state index contributed by atoms with van der Waals surface area (Å²) in [6.07, 6.45) is 0.998. The zero-order valence-electron chi connectivity index (χ0n) is 8.09. The summed E-state index contributed by atoms with van der Waals surface area (Å²) in [5, 5.41) is 2.82. The lowest BCUT2D eigenvalue weighted by molar-refractivity contribution is 0.0948. The summed E-state index contributed by atoms with van der Waals surface area (Å²) in [4.78, 5) is 15.6. The molecule has 0 bridgehead atoms. The first-order valence-corrected chi connectivity index (χ1v) is 6.04. The number of carbonyl (C=O) groups is 1. The monoisotopic (exact) mass is 304 g/mol. The molecule has 0 aromatic carbocycles. The van der Waals surface area contributed by atoms with Crippen molar-refractivity contribution in [1.82, 2.24) is 10.3 Å². The van der Waals surface area contributed by atoms with E-state index >= 15 is 0 Å². The maximum absolute atomic E-state index is 11.5. The van der Waals surface area contributed by atoms with E-state index in [1.165, 1.54) is 0 Å². The molecule has 4 heteroatoms. The van der Waals surface area contributed by atoms with Gasteiger partial charge in [-0.2, -0.15) is 0 Å². The second-order valence-corrected chi connectivity index (χ2v) is 4.04. The Balaban J connectivity index is 2.52. The Morgan fingerprint density at radius 3 is 3.00 bits per heavy atom. The molecule has 1 rings (SSSR count). The van der Waals surface area contributed by atoms with Crippen molar-refractivity contribution in [3.05, 3.63) is 29.6 Å². The van der Waals surface area contributed by atoms with E-state index in [0.717, 1.165) is 23.1 Å². The predicted octanol–water partition coefficient (Wildman–Crippen LogP) is 1.94. The third kappa shape index (κ3) is 3.61. The summed E-state index contributed by atoms with van der Waals surface area (Å²) in [5.74, 6) is -0.0847. The molecule has 0 spiro atoms. The summed E-state index contributed by atoms with van der Waals surface area (Å²) in [5.41, 5.74) is 1.37. The minimum absolute atomic E-state index is 0.0847. The van der Waals surface area contributed by atoms with Crippen LogP contribution in [0, 0.1) is 6.92 Å². The maximum atomic E-state index is 11.5. The fourth-order valence-corrected chi connectivity index (χ4v) is 1.41. The van der Waals surface area contributed by atoms with Gasteiger partial charge in [0.05, 0.1) is 0 Å². The van der Waals surface area contributed by atoms with Crippen molar-refractivity contribution >= 4 is 28.5 Å². The van der Waals surface area contributed by atoms with Crippen LogP contribution in [0.25, 0.3) is 0 Å². The largest absolute Gasteiger partial charge is 0.351 e. The molecule has 0 aliphatic rings. The second-order valence-electron chi connectivity index (χ2n) is 2.96. The van der Waals surface area contributed by atoms with E-state index in [1.807, 2.05) is 19.1 Å². The highest BCUT2D eigenvalue weighted by atomic mass is 127. The number of nitrogens with one attached hydrogen (secondary N) is 1. The van der Waals surface area contributed by atoms with Gasteiger partial charge < -0.3 is 5.32 Å². The van der Waals surface area contributed by atoms with Gasteiger partial charge in [-0.1, -0.05) is 28.7 Å². The molecule has 0 fully saturated rings. The number of alkyl halides is 1. The van der Waals surface area contributed by atoms with Crippen LogP contribution >= 0.6 is 22.6 Å². The van der Waals surface area contributed by atoms with Gasteiger partial charge in [0.15, 0.2) is 0 Å². The number of aryl methyl sites for hydroxylation is 1. The number of rotatable bonds is 4. The Morgan fingerprint density at radius 2 is 2.36 bits per heavy atom. The Hall–Kier alpha value is -0.650. The van der Waals surface area contributed by atoms with Crippen molar-refractivity contribution in [3.8, 4) is 0 Å². The van der Waals surface area contributed by atoms with Crippen molar-refractivity contribution in [2.45, 2.75) is 13.3 Å². The maximum Gasteiger partial charge on any atom is 0.269 e. The molecule has 0 aliphatic carbocycles. The van der Waals surface area contributed by atoms with Crippen molar-refractivity contribution in [2.24, 2.45) is 0 Å². The number of hydrogen-bond donors (Lipinski definition) is 1. The molecule has 1 amide bonds. The fraction of sp³-hybridized carbons (Fsp3) is 0.400. The highest BCUT2D eigenvalue weighted by Crippen LogP contribution is 1.97.